The first-order chi connectivity index (χ1) is 9.29. The summed E-state index contributed by atoms with van der Waals surface area (Å²) in [5.74, 6) is 1.60. The lowest BCUT2D eigenvalue weighted by Gasteiger charge is -2.02. The lowest BCUT2D eigenvalue weighted by atomic mass is 10.2. The number of nitrogens with zero attached hydrogens (tertiary/aromatic N) is 2. The summed E-state index contributed by atoms with van der Waals surface area (Å²) >= 11 is 1.44. The van der Waals surface area contributed by atoms with Crippen molar-refractivity contribution in [3.8, 4) is 28.6 Å². The van der Waals surface area contributed by atoms with Gasteiger partial charge in [0.1, 0.15) is 5.75 Å². The highest BCUT2D eigenvalue weighted by Crippen LogP contribution is 2.32. The molecule has 5 nitrogen and oxygen atoms in total. The highest BCUT2D eigenvalue weighted by atomic mass is 32.1. The molecule has 96 valence electrons. The zero-order valence-electron chi connectivity index (χ0n) is 10.2. The van der Waals surface area contributed by atoms with Gasteiger partial charge in [0, 0.05) is 0 Å². The maximum Gasteiger partial charge on any atom is 0.261 e. The summed E-state index contributed by atoms with van der Waals surface area (Å²) in [5.41, 5.74) is 7.39. The van der Waals surface area contributed by atoms with Gasteiger partial charge in [0.05, 0.1) is 23.2 Å². The van der Waals surface area contributed by atoms with Crippen molar-refractivity contribution in [2.75, 3.05) is 12.8 Å². The molecule has 1 aromatic carbocycles. The van der Waals surface area contributed by atoms with Crippen molar-refractivity contribution in [1.29, 1.82) is 0 Å². The van der Waals surface area contributed by atoms with Gasteiger partial charge in [-0.2, -0.15) is 4.98 Å². The molecule has 6 heteroatoms. The van der Waals surface area contributed by atoms with Gasteiger partial charge in [-0.05, 0) is 23.6 Å². The van der Waals surface area contributed by atoms with Crippen molar-refractivity contribution in [2.45, 2.75) is 0 Å². The third-order valence-corrected chi connectivity index (χ3v) is 3.45. The van der Waals surface area contributed by atoms with Crippen LogP contribution in [0.3, 0.4) is 0 Å². The Hall–Kier alpha value is -2.34. The molecule has 3 rings (SSSR count). The molecule has 19 heavy (non-hydrogen) atoms. The number of hydrogen-bond donors (Lipinski definition) is 1. The number of nitrogens with two attached hydrogens (primary N) is 1. The number of ether oxygens (including phenoxy) is 1. The van der Waals surface area contributed by atoms with Crippen LogP contribution in [0.5, 0.6) is 5.75 Å². The molecule has 0 radical (unpaired) electrons. The predicted molar refractivity (Wildman–Crippen MR) is 74.0 cm³/mol. The molecule has 0 amide bonds. The van der Waals surface area contributed by atoms with Gasteiger partial charge in [0.2, 0.25) is 5.82 Å². The average Bonchev–Trinajstić information content (AvgIpc) is 3.07. The Morgan fingerprint density at radius 3 is 2.79 bits per heavy atom. The van der Waals surface area contributed by atoms with E-state index in [1.54, 1.807) is 7.11 Å². The number of thiophene rings is 1. The highest BCUT2D eigenvalue weighted by molar-refractivity contribution is 7.14. The quantitative estimate of drug-likeness (QED) is 0.793. The van der Waals surface area contributed by atoms with E-state index >= 15 is 0 Å². The van der Waals surface area contributed by atoms with E-state index in [0.717, 1.165) is 11.1 Å². The van der Waals surface area contributed by atoms with Crippen molar-refractivity contribution in [1.82, 2.24) is 10.1 Å². The Morgan fingerprint density at radius 2 is 2.05 bits per heavy atom. The van der Waals surface area contributed by atoms with Gasteiger partial charge in [0.25, 0.3) is 5.89 Å². The van der Waals surface area contributed by atoms with Crippen molar-refractivity contribution < 1.29 is 9.26 Å². The van der Waals surface area contributed by atoms with E-state index in [1.807, 2.05) is 35.7 Å². The second-order valence-electron chi connectivity index (χ2n) is 3.82. The third kappa shape index (κ3) is 2.06. The van der Waals surface area contributed by atoms with Crippen LogP contribution >= 0.6 is 11.3 Å². The summed E-state index contributed by atoms with van der Waals surface area (Å²) in [6.45, 7) is 0. The highest BCUT2D eigenvalue weighted by Gasteiger charge is 2.15. The zero-order chi connectivity index (χ0) is 13.2. The second kappa shape index (κ2) is 4.74. The van der Waals surface area contributed by atoms with Crippen LogP contribution < -0.4 is 10.5 Å². The Kier molecular flexibility index (Phi) is 2.92. The zero-order valence-corrected chi connectivity index (χ0v) is 11.0. The van der Waals surface area contributed by atoms with Crippen LogP contribution in [0.15, 0.2) is 40.2 Å². The van der Waals surface area contributed by atoms with Gasteiger partial charge in [-0.1, -0.05) is 17.3 Å². The topological polar surface area (TPSA) is 74.2 Å². The molecule has 0 spiro atoms. The van der Waals surface area contributed by atoms with Gasteiger partial charge in [-0.3, -0.25) is 0 Å². The minimum absolute atomic E-state index is 0.416. The van der Waals surface area contributed by atoms with Crippen LogP contribution in [0.25, 0.3) is 22.8 Å². The molecule has 0 saturated heterocycles. The molecule has 2 heterocycles. The number of benzene rings is 1. The predicted octanol–water partition coefficient (Wildman–Crippen LogP) is 3.06. The fourth-order valence-electron chi connectivity index (χ4n) is 1.77. The lowest BCUT2D eigenvalue weighted by Crippen LogP contribution is -1.89. The second-order valence-corrected chi connectivity index (χ2v) is 4.77. The third-order valence-electron chi connectivity index (χ3n) is 2.70. The molecule has 0 unspecified atom stereocenters. The van der Waals surface area contributed by atoms with Gasteiger partial charge < -0.3 is 15.0 Å². The molecule has 0 bridgehead atoms. The van der Waals surface area contributed by atoms with E-state index in [2.05, 4.69) is 10.1 Å². The first-order valence-corrected chi connectivity index (χ1v) is 6.48. The summed E-state index contributed by atoms with van der Waals surface area (Å²) < 4.78 is 10.5. The van der Waals surface area contributed by atoms with Gasteiger partial charge in [-0.15, -0.1) is 11.3 Å². The fraction of sp³-hybridized carbons (Fsp3) is 0.0769. The Morgan fingerprint density at radius 1 is 1.21 bits per heavy atom. The van der Waals surface area contributed by atoms with Gasteiger partial charge >= 0.3 is 0 Å². The number of aromatic nitrogens is 2. The maximum atomic E-state index is 5.84. The van der Waals surface area contributed by atoms with E-state index in [4.69, 9.17) is 15.0 Å². The standard InChI is InChI=1S/C13H11N3O2S/c1-17-10-5-3-2-4-8(10)12-15-13(18-16-12)9-6-7-19-11(9)14/h2-7H,14H2,1H3. The number of rotatable bonds is 3. The van der Waals surface area contributed by atoms with Crippen molar-refractivity contribution >= 4 is 16.3 Å². The van der Waals surface area contributed by atoms with E-state index in [1.165, 1.54) is 11.3 Å². The van der Waals surface area contributed by atoms with Crippen LogP contribution in [-0.2, 0) is 0 Å². The molecule has 0 aliphatic rings. The average molecular weight is 273 g/mol. The molecular weight excluding hydrogens is 262 g/mol. The molecule has 0 aliphatic carbocycles. The number of methoxy groups -OCH3 is 1. The molecular formula is C13H11N3O2S. The molecule has 3 aromatic rings. The molecule has 2 aromatic heterocycles. The van der Waals surface area contributed by atoms with Gasteiger partial charge in [0.15, 0.2) is 0 Å². The summed E-state index contributed by atoms with van der Waals surface area (Å²) in [7, 11) is 1.61. The first kappa shape index (κ1) is 11.7. The van der Waals surface area contributed by atoms with Crippen LogP contribution in [-0.4, -0.2) is 17.3 Å². The van der Waals surface area contributed by atoms with Crippen LogP contribution in [0.4, 0.5) is 5.00 Å². The molecule has 0 fully saturated rings. The number of para-hydroxylation sites is 1. The summed E-state index contributed by atoms with van der Waals surface area (Å²) in [5, 5.41) is 6.52. The normalized spacial score (nSPS) is 10.6. The monoisotopic (exact) mass is 273 g/mol. The number of hydrogen-bond acceptors (Lipinski definition) is 6. The van der Waals surface area contributed by atoms with Crippen molar-refractivity contribution in [3.63, 3.8) is 0 Å². The summed E-state index contributed by atoms with van der Waals surface area (Å²) in [6, 6.07) is 9.38. The number of nitrogen functional groups attached to an aromatic ring is 1. The minimum atomic E-state index is 0.416. The SMILES string of the molecule is COc1ccccc1-c1noc(-c2ccsc2N)n1. The molecule has 0 aliphatic heterocycles. The first-order valence-electron chi connectivity index (χ1n) is 5.60. The molecule has 0 atom stereocenters. The van der Waals surface area contributed by atoms with E-state index in [9.17, 15) is 0 Å². The number of anilines is 1. The van der Waals surface area contributed by atoms with E-state index < -0.39 is 0 Å². The van der Waals surface area contributed by atoms with Crippen LogP contribution in [0.1, 0.15) is 0 Å². The van der Waals surface area contributed by atoms with Gasteiger partial charge in [-0.25, -0.2) is 0 Å². The van der Waals surface area contributed by atoms with Crippen molar-refractivity contribution in [3.05, 3.63) is 35.7 Å². The maximum absolute atomic E-state index is 5.84. The fourth-order valence-corrected chi connectivity index (χ4v) is 2.40. The molecule has 2 N–H and O–H groups in total. The Bertz CT molecular complexity index is 705. The van der Waals surface area contributed by atoms with Crippen LogP contribution in [0.2, 0.25) is 0 Å². The lowest BCUT2D eigenvalue weighted by molar-refractivity contribution is 0.413. The smallest absolute Gasteiger partial charge is 0.261 e. The Balaban J connectivity index is 2.04. The minimum Gasteiger partial charge on any atom is -0.496 e. The Labute approximate surface area is 113 Å². The van der Waals surface area contributed by atoms with Crippen LogP contribution in [0, 0.1) is 0 Å². The van der Waals surface area contributed by atoms with Crippen molar-refractivity contribution in [2.24, 2.45) is 0 Å². The largest absolute Gasteiger partial charge is 0.496 e. The van der Waals surface area contributed by atoms with E-state index in [0.29, 0.717) is 22.5 Å². The molecule has 0 saturated carbocycles. The summed E-state index contributed by atoms with van der Waals surface area (Å²) in [6.07, 6.45) is 0. The summed E-state index contributed by atoms with van der Waals surface area (Å²) in [4.78, 5) is 4.36. The van der Waals surface area contributed by atoms with E-state index in [-0.39, 0.29) is 0 Å².